The van der Waals surface area contributed by atoms with Gasteiger partial charge in [-0.05, 0) is 62.1 Å². The standard InChI is InChI=1S/C10H11N3.C9H9N3.C7H7NO.C4H9O.C2H2O2.CH3I.H3N.Na.2H2O.H3P/c1-8-4-3-5-9(12-8)10-11-6-7-13(10)2;1-7-3-2-4-8(12-7)9-10-5-6-11-9;1-6-3-2-4-7(5-9)8-6;1-4(2,3)5;3-1-2-4;1-2;;;;;/h3-7H,1-2H3;2-6H,1H3,(H,10,11);2-5H,1H3;1-3H3;1-2H;1H3;1H3;;2*1H2;1H3/q;;;-1;;;;+1;;;. The van der Waals surface area contributed by atoms with Crippen LogP contribution >= 0.6 is 32.5 Å². The van der Waals surface area contributed by atoms with Crippen LogP contribution in [0.2, 0.25) is 0 Å². The predicted octanol–water partition coefficient (Wildman–Crippen LogP) is 0.928. The third kappa shape index (κ3) is 28.7. The summed E-state index contributed by atoms with van der Waals surface area (Å²) in [5.41, 5.74) is 4.45. The van der Waals surface area contributed by atoms with E-state index in [-0.39, 0.29) is 69.1 Å². The smallest absolute Gasteiger partial charge is 0.850 e. The largest absolute Gasteiger partial charge is 1.00 e. The molecule has 17 heteroatoms. The van der Waals surface area contributed by atoms with Gasteiger partial charge in [-0.3, -0.25) is 19.4 Å². The zero-order valence-corrected chi connectivity index (χ0v) is 35.9. The van der Waals surface area contributed by atoms with Gasteiger partial charge in [0, 0.05) is 48.9 Å². The van der Waals surface area contributed by atoms with Crippen molar-refractivity contribution < 1.29 is 60.0 Å². The number of aldehydes is 3. The number of aromatic nitrogens is 7. The van der Waals surface area contributed by atoms with Crippen LogP contribution in [0.1, 0.15) is 48.3 Å². The van der Waals surface area contributed by atoms with Crippen molar-refractivity contribution in [3.8, 4) is 23.0 Å². The molecule has 0 amide bonds. The van der Waals surface area contributed by atoms with Gasteiger partial charge in [0.2, 0.25) is 0 Å². The molecule has 5 rings (SSSR count). The minimum absolute atomic E-state index is 0. The molecule has 1 atom stereocenters. The van der Waals surface area contributed by atoms with Crippen molar-refractivity contribution in [1.82, 2.24) is 40.6 Å². The quantitative estimate of drug-likeness (QED) is 0.0647. The Morgan fingerprint density at radius 1 is 0.760 bits per heavy atom. The molecule has 0 fully saturated rings. The van der Waals surface area contributed by atoms with Gasteiger partial charge in [0.1, 0.15) is 17.1 Å². The molecule has 272 valence electrons. The van der Waals surface area contributed by atoms with Crippen LogP contribution in [0.3, 0.4) is 0 Å². The Balaban J connectivity index is -0.000000123. The first kappa shape index (κ1) is 59.0. The van der Waals surface area contributed by atoms with Crippen LogP contribution in [0.4, 0.5) is 0 Å². The Bertz CT molecular complexity index is 1540. The zero-order chi connectivity index (χ0) is 34.3. The summed E-state index contributed by atoms with van der Waals surface area (Å²) in [4.78, 5) is 53.7. The van der Waals surface area contributed by atoms with Crippen molar-refractivity contribution in [2.45, 2.75) is 47.1 Å². The Morgan fingerprint density at radius 2 is 1.20 bits per heavy atom. The maximum Gasteiger partial charge on any atom is 1.00 e. The fraction of sp³-hybridized carbons (Fsp3) is 0.273. The van der Waals surface area contributed by atoms with E-state index in [1.165, 1.54) is 0 Å². The average molecular weight is 837 g/mol. The van der Waals surface area contributed by atoms with Crippen LogP contribution in [-0.4, -0.2) is 74.8 Å². The van der Waals surface area contributed by atoms with Crippen molar-refractivity contribution in [2.24, 2.45) is 7.05 Å². The number of halogens is 1. The van der Waals surface area contributed by atoms with E-state index in [2.05, 4.69) is 52.5 Å². The minimum atomic E-state index is -0.750. The van der Waals surface area contributed by atoms with E-state index < -0.39 is 5.60 Å². The number of imidazole rings is 2. The van der Waals surface area contributed by atoms with Gasteiger partial charge in [0.15, 0.2) is 30.5 Å². The third-order valence-corrected chi connectivity index (χ3v) is 4.65. The average Bonchev–Trinajstić information content (AvgIpc) is 3.71. The number of carbonyl (C=O) groups is 3. The number of rotatable bonds is 4. The van der Waals surface area contributed by atoms with Crippen molar-refractivity contribution in [3.05, 3.63) is 102 Å². The number of alkyl halides is 1. The first-order valence-corrected chi connectivity index (χ1v) is 15.7. The van der Waals surface area contributed by atoms with Crippen LogP contribution in [0, 0.1) is 20.8 Å². The number of H-pyrrole nitrogens is 1. The summed E-state index contributed by atoms with van der Waals surface area (Å²) in [5, 5.41) is 10.1. The van der Waals surface area contributed by atoms with Crippen LogP contribution < -0.4 is 40.8 Å². The second kappa shape index (κ2) is 34.3. The van der Waals surface area contributed by atoms with E-state index in [1.807, 2.05) is 92.0 Å². The number of pyridine rings is 3. The number of nitrogens with zero attached hydrogens (tertiary/aromatic N) is 6. The normalized spacial score (nSPS) is 8.44. The molecule has 0 aliphatic rings. The van der Waals surface area contributed by atoms with Gasteiger partial charge < -0.3 is 31.8 Å². The second-order valence-corrected chi connectivity index (χ2v) is 9.83. The molecule has 0 saturated carbocycles. The summed E-state index contributed by atoms with van der Waals surface area (Å²) in [5.74, 6) is 1.72. The van der Waals surface area contributed by atoms with Crippen molar-refractivity contribution in [2.75, 3.05) is 4.93 Å². The van der Waals surface area contributed by atoms with Crippen molar-refractivity contribution in [1.29, 1.82) is 0 Å². The van der Waals surface area contributed by atoms with Gasteiger partial charge in [-0.25, -0.2) is 19.9 Å². The molecule has 0 aliphatic heterocycles. The van der Waals surface area contributed by atoms with E-state index >= 15 is 0 Å². The van der Waals surface area contributed by atoms with Crippen molar-refractivity contribution in [3.63, 3.8) is 0 Å². The molecule has 14 nitrogen and oxygen atoms in total. The molecule has 8 N–H and O–H groups in total. The molecule has 0 spiro atoms. The predicted molar refractivity (Wildman–Crippen MR) is 207 cm³/mol. The Kier molecular flexibility index (Phi) is 40.5. The summed E-state index contributed by atoms with van der Waals surface area (Å²) >= 11 is 2.15. The fourth-order valence-electron chi connectivity index (χ4n) is 2.99. The first-order valence-electron chi connectivity index (χ1n) is 13.6. The fourth-order valence-corrected chi connectivity index (χ4v) is 2.99. The maximum atomic E-state index is 10.1. The third-order valence-electron chi connectivity index (χ3n) is 4.65. The number of carbonyl (C=O) groups excluding carboxylic acids is 3. The number of aromatic amines is 1. The molecule has 5 heterocycles. The molecular formula is C33H51IN8NaO6P. The number of hydrogen-bond acceptors (Lipinski definition) is 10. The van der Waals surface area contributed by atoms with Crippen molar-refractivity contribution >= 4 is 51.3 Å². The van der Waals surface area contributed by atoms with E-state index in [4.69, 9.17) is 9.59 Å². The van der Waals surface area contributed by atoms with E-state index in [9.17, 15) is 9.90 Å². The first-order chi connectivity index (χ1) is 21.4. The van der Waals surface area contributed by atoms with E-state index in [1.54, 1.807) is 45.4 Å². The molecular weight excluding hydrogens is 785 g/mol. The second-order valence-electron chi connectivity index (χ2n) is 9.83. The summed E-state index contributed by atoms with van der Waals surface area (Å²) in [6.07, 6.45) is 8.34. The summed E-state index contributed by atoms with van der Waals surface area (Å²) in [7, 11) is 1.96. The molecule has 0 aliphatic carbocycles. The Hall–Kier alpha value is -3.12. The van der Waals surface area contributed by atoms with Gasteiger partial charge in [-0.1, -0.05) is 61.6 Å². The molecule has 0 saturated heterocycles. The van der Waals surface area contributed by atoms with Crippen LogP contribution in [0.5, 0.6) is 0 Å². The van der Waals surface area contributed by atoms with Gasteiger partial charge in [0.25, 0.3) is 0 Å². The summed E-state index contributed by atoms with van der Waals surface area (Å²) < 4.78 is 1.96. The minimum Gasteiger partial charge on any atom is -0.850 e. The summed E-state index contributed by atoms with van der Waals surface area (Å²) in [6.45, 7) is 10.7. The number of hydrogen-bond donors (Lipinski definition) is 2. The van der Waals surface area contributed by atoms with E-state index in [0.29, 0.717) is 5.69 Å². The maximum absolute atomic E-state index is 10.1. The topological polar surface area (TPSA) is 257 Å². The van der Waals surface area contributed by atoms with E-state index in [0.717, 1.165) is 46.4 Å². The molecule has 50 heavy (non-hydrogen) atoms. The zero-order valence-electron chi connectivity index (χ0n) is 30.3. The Morgan fingerprint density at radius 3 is 1.54 bits per heavy atom. The van der Waals surface area contributed by atoms with Crippen LogP contribution in [-0.2, 0) is 16.6 Å². The molecule has 0 radical (unpaired) electrons. The van der Waals surface area contributed by atoms with Crippen LogP contribution in [0.15, 0.2) is 79.4 Å². The van der Waals surface area contributed by atoms with Gasteiger partial charge >= 0.3 is 29.6 Å². The molecule has 1 unspecified atom stereocenters. The van der Waals surface area contributed by atoms with Crippen LogP contribution in [0.25, 0.3) is 23.0 Å². The molecule has 5 aromatic heterocycles. The molecule has 5 aromatic rings. The Labute approximate surface area is 334 Å². The monoisotopic (exact) mass is 836 g/mol. The number of nitrogens with one attached hydrogen (secondary N) is 1. The summed E-state index contributed by atoms with van der Waals surface area (Å²) in [6, 6.07) is 17.2. The molecule has 0 aromatic carbocycles. The van der Waals surface area contributed by atoms with Gasteiger partial charge in [-0.15, -0.1) is 5.60 Å². The number of aryl methyl sites for hydroxylation is 4. The van der Waals surface area contributed by atoms with Gasteiger partial charge in [0.05, 0.1) is 0 Å². The SMILES string of the molecule is CC(C)(C)[O-].CI.Cc1cccc(-c2ncc[nH]2)n1.Cc1cccc(-c2nccn2C)n1.Cc1cccc(C=O)n1.N.O.O.O=CC=O.P.[Na+]. The van der Waals surface area contributed by atoms with Gasteiger partial charge in [-0.2, -0.15) is 9.90 Å². The molecule has 0 bridgehead atoms.